The highest BCUT2D eigenvalue weighted by atomic mass is 16.5. The Kier molecular flexibility index (Phi) is 6.22. The summed E-state index contributed by atoms with van der Waals surface area (Å²) in [5.74, 6) is -0.845. The molecule has 1 saturated carbocycles. The highest BCUT2D eigenvalue weighted by Crippen LogP contribution is 2.27. The summed E-state index contributed by atoms with van der Waals surface area (Å²) >= 11 is 0. The van der Waals surface area contributed by atoms with Crippen molar-refractivity contribution in [2.75, 3.05) is 6.61 Å². The molecule has 2 aromatic rings. The maximum atomic E-state index is 12.5. The molecule has 0 atom stereocenters. The van der Waals surface area contributed by atoms with Gasteiger partial charge in [0.1, 0.15) is 0 Å². The largest absolute Gasteiger partial charge is 0.452 e. The summed E-state index contributed by atoms with van der Waals surface area (Å²) < 4.78 is 5.23. The summed E-state index contributed by atoms with van der Waals surface area (Å²) in [5.41, 5.74) is 2.10. The summed E-state index contributed by atoms with van der Waals surface area (Å²) in [5, 5.41) is 12.3. The summed E-state index contributed by atoms with van der Waals surface area (Å²) in [4.78, 5) is 24.6. The maximum Gasteiger partial charge on any atom is 0.339 e. The molecule has 2 aromatic carbocycles. The fraction of sp³-hybridized carbons (Fsp3) is 0.318. The second-order valence-corrected chi connectivity index (χ2v) is 6.68. The number of hydrogen-bond acceptors (Lipinski definition) is 4. The molecule has 0 aliphatic heterocycles. The third-order valence-corrected chi connectivity index (χ3v) is 4.79. The molecule has 1 N–H and O–H groups in total. The van der Waals surface area contributed by atoms with Gasteiger partial charge in [0.25, 0.3) is 5.91 Å². The van der Waals surface area contributed by atoms with Gasteiger partial charge in [-0.15, -0.1) is 0 Å². The first-order valence-corrected chi connectivity index (χ1v) is 9.24. The topological polar surface area (TPSA) is 79.2 Å². The fourth-order valence-corrected chi connectivity index (χ4v) is 3.44. The summed E-state index contributed by atoms with van der Waals surface area (Å²) in [6.45, 7) is -0.302. The Labute approximate surface area is 159 Å². The summed E-state index contributed by atoms with van der Waals surface area (Å²) in [6.07, 6.45) is 5.41. The molecule has 138 valence electrons. The van der Waals surface area contributed by atoms with Gasteiger partial charge in [0.05, 0.1) is 17.2 Å². The minimum atomic E-state index is -0.572. The average molecular weight is 362 g/mol. The number of ether oxygens (including phenoxy) is 1. The van der Waals surface area contributed by atoms with Crippen molar-refractivity contribution in [3.63, 3.8) is 0 Å². The van der Waals surface area contributed by atoms with Crippen LogP contribution < -0.4 is 5.32 Å². The molecule has 0 aromatic heterocycles. The van der Waals surface area contributed by atoms with Crippen LogP contribution >= 0.6 is 0 Å². The minimum Gasteiger partial charge on any atom is -0.452 e. The molecule has 0 saturated heterocycles. The molecule has 0 unspecified atom stereocenters. The zero-order valence-electron chi connectivity index (χ0n) is 15.1. The molecular formula is C22H22N2O3. The van der Waals surface area contributed by atoms with Crippen molar-refractivity contribution in [1.29, 1.82) is 5.26 Å². The van der Waals surface area contributed by atoms with Crippen LogP contribution in [0.3, 0.4) is 0 Å². The van der Waals surface area contributed by atoms with Crippen LogP contribution in [0.2, 0.25) is 0 Å². The van der Waals surface area contributed by atoms with Crippen LogP contribution in [-0.4, -0.2) is 24.5 Å². The smallest absolute Gasteiger partial charge is 0.339 e. The highest BCUT2D eigenvalue weighted by molar-refractivity contribution is 5.98. The first kappa shape index (κ1) is 18.7. The molecule has 1 aliphatic rings. The van der Waals surface area contributed by atoms with Crippen molar-refractivity contribution in [3.05, 3.63) is 59.7 Å². The molecule has 0 bridgehead atoms. The Balaban J connectivity index is 1.69. The van der Waals surface area contributed by atoms with Crippen molar-refractivity contribution < 1.29 is 14.3 Å². The minimum absolute atomic E-state index is 0.180. The lowest BCUT2D eigenvalue weighted by Gasteiger charge is -2.22. The van der Waals surface area contributed by atoms with Crippen LogP contribution in [0.15, 0.2) is 48.5 Å². The van der Waals surface area contributed by atoms with E-state index in [2.05, 4.69) is 11.4 Å². The first-order valence-electron chi connectivity index (χ1n) is 9.24. The van der Waals surface area contributed by atoms with E-state index in [4.69, 9.17) is 4.74 Å². The monoisotopic (exact) mass is 362 g/mol. The lowest BCUT2D eigenvalue weighted by atomic mass is 9.95. The van der Waals surface area contributed by atoms with Gasteiger partial charge < -0.3 is 10.1 Å². The SMILES string of the molecule is N#Cc1ccccc1-c1ccccc1C(=O)OCC(=O)NC1CCCCC1. The van der Waals surface area contributed by atoms with Gasteiger partial charge >= 0.3 is 5.97 Å². The second-order valence-electron chi connectivity index (χ2n) is 6.68. The number of rotatable bonds is 5. The molecule has 5 heteroatoms. The molecule has 1 amide bonds. The van der Waals surface area contributed by atoms with E-state index in [1.807, 2.05) is 6.07 Å². The Hall–Kier alpha value is -3.13. The van der Waals surface area contributed by atoms with E-state index in [-0.39, 0.29) is 18.6 Å². The Morgan fingerprint density at radius 1 is 1.00 bits per heavy atom. The summed E-state index contributed by atoms with van der Waals surface area (Å²) in [6, 6.07) is 16.4. The predicted octanol–water partition coefficient (Wildman–Crippen LogP) is 3.83. The third-order valence-electron chi connectivity index (χ3n) is 4.79. The van der Waals surface area contributed by atoms with Crippen LogP contribution in [0.4, 0.5) is 0 Å². The number of nitrogens with one attached hydrogen (secondary N) is 1. The first-order chi connectivity index (χ1) is 13.2. The van der Waals surface area contributed by atoms with Crippen LogP contribution in [0.25, 0.3) is 11.1 Å². The van der Waals surface area contributed by atoms with Gasteiger partial charge in [-0.2, -0.15) is 5.26 Å². The standard InChI is InChI=1S/C22H22N2O3/c23-14-16-8-4-5-11-18(16)19-12-6-7-13-20(19)22(26)27-15-21(25)24-17-9-2-1-3-10-17/h4-8,11-13,17H,1-3,9-10,15H2,(H,24,25). The van der Waals surface area contributed by atoms with Gasteiger partial charge in [0, 0.05) is 11.6 Å². The summed E-state index contributed by atoms with van der Waals surface area (Å²) in [7, 11) is 0. The molecular weight excluding hydrogens is 340 g/mol. The maximum absolute atomic E-state index is 12.5. The molecule has 27 heavy (non-hydrogen) atoms. The van der Waals surface area contributed by atoms with Crippen LogP contribution in [0.5, 0.6) is 0 Å². The van der Waals surface area contributed by atoms with Gasteiger partial charge in [-0.1, -0.05) is 55.7 Å². The van der Waals surface area contributed by atoms with Crippen LogP contribution in [0, 0.1) is 11.3 Å². The average Bonchev–Trinajstić information content (AvgIpc) is 2.72. The number of nitrogens with zero attached hydrogens (tertiary/aromatic N) is 1. The molecule has 0 radical (unpaired) electrons. The molecule has 0 spiro atoms. The number of carbonyl (C=O) groups excluding carboxylic acids is 2. The van der Waals surface area contributed by atoms with E-state index in [1.165, 1.54) is 6.42 Å². The molecule has 1 fully saturated rings. The molecule has 5 nitrogen and oxygen atoms in total. The quantitative estimate of drug-likeness (QED) is 0.820. The van der Waals surface area contributed by atoms with Crippen molar-refractivity contribution in [2.24, 2.45) is 0 Å². The van der Waals surface area contributed by atoms with Crippen molar-refractivity contribution in [2.45, 2.75) is 38.1 Å². The normalized spacial score (nSPS) is 14.2. The van der Waals surface area contributed by atoms with Gasteiger partial charge in [0.2, 0.25) is 0 Å². The van der Waals surface area contributed by atoms with E-state index < -0.39 is 5.97 Å². The van der Waals surface area contributed by atoms with Crippen LogP contribution in [0.1, 0.15) is 48.0 Å². The van der Waals surface area contributed by atoms with E-state index in [0.717, 1.165) is 25.7 Å². The second kappa shape index (κ2) is 9.00. The Bertz CT molecular complexity index is 864. The van der Waals surface area contributed by atoms with Gasteiger partial charge in [-0.05, 0) is 30.5 Å². The number of hydrogen-bond donors (Lipinski definition) is 1. The molecule has 3 rings (SSSR count). The van der Waals surface area contributed by atoms with Crippen molar-refractivity contribution in [3.8, 4) is 17.2 Å². The van der Waals surface area contributed by atoms with E-state index in [9.17, 15) is 14.9 Å². The Morgan fingerprint density at radius 2 is 1.67 bits per heavy atom. The van der Waals surface area contributed by atoms with Gasteiger partial charge in [-0.25, -0.2) is 4.79 Å². The zero-order chi connectivity index (χ0) is 19.1. The fourth-order valence-electron chi connectivity index (χ4n) is 3.44. The molecule has 1 aliphatic carbocycles. The van der Waals surface area contributed by atoms with Gasteiger partial charge in [0.15, 0.2) is 6.61 Å². The van der Waals surface area contributed by atoms with E-state index >= 15 is 0 Å². The van der Waals surface area contributed by atoms with Crippen molar-refractivity contribution in [1.82, 2.24) is 5.32 Å². The van der Waals surface area contributed by atoms with E-state index in [0.29, 0.717) is 22.3 Å². The number of nitriles is 1. The number of esters is 1. The highest BCUT2D eigenvalue weighted by Gasteiger charge is 2.19. The third kappa shape index (κ3) is 4.73. The molecule has 0 heterocycles. The number of carbonyl (C=O) groups is 2. The van der Waals surface area contributed by atoms with Crippen LogP contribution in [-0.2, 0) is 9.53 Å². The number of benzene rings is 2. The predicted molar refractivity (Wildman–Crippen MR) is 102 cm³/mol. The lowest BCUT2D eigenvalue weighted by Crippen LogP contribution is -2.38. The van der Waals surface area contributed by atoms with Crippen molar-refractivity contribution >= 4 is 11.9 Å². The zero-order valence-corrected chi connectivity index (χ0v) is 15.1. The lowest BCUT2D eigenvalue weighted by molar-refractivity contribution is -0.125. The van der Waals surface area contributed by atoms with E-state index in [1.54, 1.807) is 42.5 Å². The Morgan fingerprint density at radius 3 is 2.41 bits per heavy atom. The number of amides is 1. The van der Waals surface area contributed by atoms with Gasteiger partial charge in [-0.3, -0.25) is 4.79 Å².